The second-order valence-electron chi connectivity index (χ2n) is 3.16. The Bertz CT molecular complexity index is 462. The van der Waals surface area contributed by atoms with Gasteiger partial charge in [0.15, 0.2) is 0 Å². The van der Waals surface area contributed by atoms with Gasteiger partial charge in [-0.05, 0) is 30.7 Å². The van der Waals surface area contributed by atoms with E-state index in [2.05, 4.69) is 4.98 Å². The number of aryl methyl sites for hydroxylation is 1. The van der Waals surface area contributed by atoms with Crippen LogP contribution in [0.3, 0.4) is 0 Å². The molecule has 0 amide bonds. The predicted molar refractivity (Wildman–Crippen MR) is 55.9 cm³/mol. The average Bonchev–Trinajstić information content (AvgIpc) is 2.46. The van der Waals surface area contributed by atoms with E-state index in [1.54, 1.807) is 24.3 Å². The van der Waals surface area contributed by atoms with Gasteiger partial charge in [0.1, 0.15) is 11.0 Å². The Hall–Kier alpha value is -1.28. The maximum absolute atomic E-state index is 13.4. The van der Waals surface area contributed by atoms with Gasteiger partial charge in [0, 0.05) is 5.56 Å². The molecule has 0 aliphatic carbocycles. The molecule has 0 aliphatic rings. The molecular formula is C11H9ClFN. The van der Waals surface area contributed by atoms with E-state index < -0.39 is 0 Å². The maximum atomic E-state index is 13.4. The van der Waals surface area contributed by atoms with Gasteiger partial charge in [0.05, 0.1) is 5.69 Å². The number of nitrogens with one attached hydrogen (secondary N) is 1. The van der Waals surface area contributed by atoms with Crippen LogP contribution in [0.25, 0.3) is 11.3 Å². The van der Waals surface area contributed by atoms with Gasteiger partial charge in [0.2, 0.25) is 0 Å². The van der Waals surface area contributed by atoms with Gasteiger partial charge >= 0.3 is 0 Å². The Morgan fingerprint density at radius 2 is 2.00 bits per heavy atom. The third-order valence-corrected chi connectivity index (χ3v) is 2.33. The van der Waals surface area contributed by atoms with Crippen LogP contribution in [0, 0.1) is 12.7 Å². The van der Waals surface area contributed by atoms with Crippen molar-refractivity contribution in [1.82, 2.24) is 4.98 Å². The highest BCUT2D eigenvalue weighted by Gasteiger charge is 2.09. The third-order valence-electron chi connectivity index (χ3n) is 2.13. The first-order chi connectivity index (χ1) is 6.68. The highest BCUT2D eigenvalue weighted by atomic mass is 35.5. The van der Waals surface area contributed by atoms with E-state index in [1.807, 2.05) is 6.92 Å². The number of aromatic amines is 1. The van der Waals surface area contributed by atoms with Gasteiger partial charge in [-0.1, -0.05) is 23.7 Å². The van der Waals surface area contributed by atoms with Crippen LogP contribution in [-0.2, 0) is 0 Å². The molecule has 3 heteroatoms. The Morgan fingerprint density at radius 1 is 1.29 bits per heavy atom. The molecule has 0 bridgehead atoms. The van der Waals surface area contributed by atoms with Gasteiger partial charge in [-0.25, -0.2) is 4.39 Å². The van der Waals surface area contributed by atoms with Crippen molar-refractivity contribution in [3.63, 3.8) is 0 Å². The zero-order chi connectivity index (χ0) is 10.1. The summed E-state index contributed by atoms with van der Waals surface area (Å²) >= 11 is 5.79. The number of aromatic nitrogens is 1. The molecule has 0 aliphatic heterocycles. The van der Waals surface area contributed by atoms with Crippen LogP contribution in [0.2, 0.25) is 5.15 Å². The lowest BCUT2D eigenvalue weighted by Crippen LogP contribution is -1.85. The van der Waals surface area contributed by atoms with Crippen LogP contribution >= 0.6 is 11.6 Å². The van der Waals surface area contributed by atoms with Crippen LogP contribution in [0.5, 0.6) is 0 Å². The van der Waals surface area contributed by atoms with Gasteiger partial charge in [-0.3, -0.25) is 0 Å². The molecule has 1 N–H and O–H groups in total. The molecule has 0 unspecified atom stereocenters. The van der Waals surface area contributed by atoms with E-state index in [0.29, 0.717) is 10.7 Å². The Balaban J connectivity index is 2.60. The predicted octanol–water partition coefficient (Wildman–Crippen LogP) is 3.78. The number of hydrogen-bond acceptors (Lipinski definition) is 0. The van der Waals surface area contributed by atoms with Crippen molar-refractivity contribution in [3.05, 3.63) is 46.9 Å². The number of benzene rings is 1. The Kier molecular flexibility index (Phi) is 2.30. The van der Waals surface area contributed by atoms with Crippen molar-refractivity contribution in [1.29, 1.82) is 0 Å². The summed E-state index contributed by atoms with van der Waals surface area (Å²) in [4.78, 5) is 2.93. The molecule has 0 spiro atoms. The molecule has 2 aromatic rings. The lowest BCUT2D eigenvalue weighted by atomic mass is 10.1. The van der Waals surface area contributed by atoms with Crippen LogP contribution in [0.4, 0.5) is 4.39 Å². The van der Waals surface area contributed by atoms with Crippen molar-refractivity contribution in [2.24, 2.45) is 0 Å². The number of hydrogen-bond donors (Lipinski definition) is 1. The fourth-order valence-electron chi connectivity index (χ4n) is 1.46. The molecule has 2 rings (SSSR count). The molecule has 1 nitrogen and oxygen atoms in total. The molecule has 1 heterocycles. The van der Waals surface area contributed by atoms with Gasteiger partial charge in [0.25, 0.3) is 0 Å². The van der Waals surface area contributed by atoms with Gasteiger partial charge in [-0.15, -0.1) is 0 Å². The molecular weight excluding hydrogens is 201 g/mol. The van der Waals surface area contributed by atoms with Gasteiger partial charge in [-0.2, -0.15) is 0 Å². The van der Waals surface area contributed by atoms with Gasteiger partial charge < -0.3 is 4.98 Å². The summed E-state index contributed by atoms with van der Waals surface area (Å²) in [6.07, 6.45) is 0. The molecule has 0 radical (unpaired) electrons. The first-order valence-electron chi connectivity index (χ1n) is 4.28. The highest BCUT2D eigenvalue weighted by molar-refractivity contribution is 6.29. The molecule has 1 aromatic heterocycles. The summed E-state index contributed by atoms with van der Waals surface area (Å²) in [6.45, 7) is 1.89. The fourth-order valence-corrected chi connectivity index (χ4v) is 1.72. The summed E-state index contributed by atoms with van der Waals surface area (Å²) in [7, 11) is 0. The molecule has 1 aromatic carbocycles. The minimum atomic E-state index is -0.242. The first-order valence-corrected chi connectivity index (χ1v) is 4.66. The van der Waals surface area contributed by atoms with Crippen molar-refractivity contribution in [2.45, 2.75) is 6.92 Å². The number of H-pyrrole nitrogens is 1. The zero-order valence-corrected chi connectivity index (χ0v) is 8.40. The Morgan fingerprint density at radius 3 is 2.57 bits per heavy atom. The van der Waals surface area contributed by atoms with Crippen LogP contribution in [0.15, 0.2) is 30.3 Å². The summed E-state index contributed by atoms with van der Waals surface area (Å²) < 4.78 is 13.4. The molecule has 0 saturated carbocycles. The van der Waals surface area contributed by atoms with Crippen molar-refractivity contribution >= 4 is 11.6 Å². The van der Waals surface area contributed by atoms with Crippen LogP contribution in [0.1, 0.15) is 5.56 Å². The fraction of sp³-hybridized carbons (Fsp3) is 0.0909. The zero-order valence-electron chi connectivity index (χ0n) is 7.64. The first kappa shape index (κ1) is 9.28. The van der Waals surface area contributed by atoms with Crippen molar-refractivity contribution in [3.8, 4) is 11.3 Å². The summed E-state index contributed by atoms with van der Waals surface area (Å²) in [5.41, 5.74) is 2.24. The SMILES string of the molecule is Cc1cc(Cl)[nH]c1-c1ccccc1F. The molecule has 14 heavy (non-hydrogen) atoms. The second-order valence-corrected chi connectivity index (χ2v) is 3.56. The van der Waals surface area contributed by atoms with Crippen LogP contribution < -0.4 is 0 Å². The third kappa shape index (κ3) is 1.53. The molecule has 0 saturated heterocycles. The standard InChI is InChI=1S/C11H9ClFN/c1-7-6-10(12)14-11(7)8-4-2-3-5-9(8)13/h2-6,14H,1H3. The quantitative estimate of drug-likeness (QED) is 0.736. The average molecular weight is 210 g/mol. The van der Waals surface area contributed by atoms with E-state index in [4.69, 9.17) is 11.6 Å². The lowest BCUT2D eigenvalue weighted by molar-refractivity contribution is 0.630. The molecule has 0 atom stereocenters. The highest BCUT2D eigenvalue weighted by Crippen LogP contribution is 2.27. The lowest BCUT2D eigenvalue weighted by Gasteiger charge is -2.01. The maximum Gasteiger partial charge on any atom is 0.132 e. The van der Waals surface area contributed by atoms with E-state index >= 15 is 0 Å². The second kappa shape index (κ2) is 3.46. The van der Waals surface area contributed by atoms with Crippen molar-refractivity contribution < 1.29 is 4.39 Å². The molecule has 0 fully saturated rings. The van der Waals surface area contributed by atoms with E-state index in [1.165, 1.54) is 6.07 Å². The summed E-state index contributed by atoms with van der Waals surface area (Å²) in [5.74, 6) is -0.242. The number of rotatable bonds is 1. The largest absolute Gasteiger partial charge is 0.345 e. The summed E-state index contributed by atoms with van der Waals surface area (Å²) in [6, 6.07) is 8.41. The topological polar surface area (TPSA) is 15.8 Å². The number of halogens is 2. The Labute approximate surface area is 86.5 Å². The normalized spacial score (nSPS) is 10.5. The minimum Gasteiger partial charge on any atom is -0.345 e. The van der Waals surface area contributed by atoms with Crippen molar-refractivity contribution in [2.75, 3.05) is 0 Å². The van der Waals surface area contributed by atoms with E-state index in [-0.39, 0.29) is 5.82 Å². The molecule has 72 valence electrons. The summed E-state index contributed by atoms with van der Waals surface area (Å²) in [5, 5.41) is 0.528. The minimum absolute atomic E-state index is 0.242. The van der Waals surface area contributed by atoms with E-state index in [9.17, 15) is 4.39 Å². The van der Waals surface area contributed by atoms with E-state index in [0.717, 1.165) is 11.3 Å². The van der Waals surface area contributed by atoms with Crippen LogP contribution in [-0.4, -0.2) is 4.98 Å². The smallest absolute Gasteiger partial charge is 0.132 e. The monoisotopic (exact) mass is 209 g/mol.